The summed E-state index contributed by atoms with van der Waals surface area (Å²) >= 11 is 0. The Bertz CT molecular complexity index is 467. The second-order valence-electron chi connectivity index (χ2n) is 6.67. The van der Waals surface area contributed by atoms with Crippen LogP contribution in [0.4, 0.5) is 0 Å². The van der Waals surface area contributed by atoms with Crippen molar-refractivity contribution in [3.63, 3.8) is 0 Å². The molecule has 0 spiro atoms. The quantitative estimate of drug-likeness (QED) is 0.767. The molecule has 2 heterocycles. The molecule has 0 saturated carbocycles. The summed E-state index contributed by atoms with van der Waals surface area (Å²) in [7, 11) is -0.373. The third-order valence-corrected chi connectivity index (χ3v) is 4.29. The first-order valence-electron chi connectivity index (χ1n) is 6.97. The molecule has 2 rings (SSSR count). The first kappa shape index (κ1) is 14.5. The highest BCUT2D eigenvalue weighted by Gasteiger charge is 2.53. The van der Waals surface area contributed by atoms with Crippen molar-refractivity contribution in [2.24, 2.45) is 0 Å². The maximum absolute atomic E-state index is 6.11. The summed E-state index contributed by atoms with van der Waals surface area (Å²) in [6.07, 6.45) is 1.83. The number of aromatic nitrogens is 1. The minimum Gasteiger partial charge on any atom is -0.398 e. The van der Waals surface area contributed by atoms with Crippen molar-refractivity contribution in [3.8, 4) is 0 Å². The van der Waals surface area contributed by atoms with E-state index in [1.54, 1.807) is 0 Å². The minimum absolute atomic E-state index is 0.322. The fraction of sp³-hybridized carbons (Fsp3) is 0.667. The summed E-state index contributed by atoms with van der Waals surface area (Å²) in [6, 6.07) is 2.05. The van der Waals surface area contributed by atoms with Gasteiger partial charge in [-0.25, -0.2) is 0 Å². The molecular formula is C15H24BNO2. The lowest BCUT2D eigenvalue weighted by Gasteiger charge is -2.32. The van der Waals surface area contributed by atoms with Crippen LogP contribution in [0.15, 0.2) is 12.3 Å². The zero-order valence-corrected chi connectivity index (χ0v) is 13.1. The standard InChI is InChI=1S/C15H24BNO2/c1-10(2)12-11(3)8-9-17-13(12)16-18-14(4,5)15(6,7)19-16/h8-10H,1-7H3. The molecule has 1 fully saturated rings. The third-order valence-electron chi connectivity index (χ3n) is 4.29. The average molecular weight is 261 g/mol. The predicted octanol–water partition coefficient (Wildman–Crippen LogP) is 2.81. The Labute approximate surface area is 116 Å². The molecule has 1 aliphatic heterocycles. The second kappa shape index (κ2) is 4.60. The lowest BCUT2D eigenvalue weighted by molar-refractivity contribution is 0.00578. The molecule has 1 aromatic rings. The van der Waals surface area contributed by atoms with Gasteiger partial charge in [0.1, 0.15) is 0 Å². The van der Waals surface area contributed by atoms with Crippen LogP contribution in [0, 0.1) is 6.92 Å². The maximum Gasteiger partial charge on any atom is 0.514 e. The van der Waals surface area contributed by atoms with Gasteiger partial charge in [0, 0.05) is 6.20 Å². The molecule has 4 heteroatoms. The van der Waals surface area contributed by atoms with Gasteiger partial charge >= 0.3 is 7.12 Å². The molecule has 0 amide bonds. The van der Waals surface area contributed by atoms with Crippen LogP contribution in [0.25, 0.3) is 0 Å². The van der Waals surface area contributed by atoms with Crippen LogP contribution in [0.3, 0.4) is 0 Å². The van der Waals surface area contributed by atoms with E-state index < -0.39 is 0 Å². The van der Waals surface area contributed by atoms with Gasteiger partial charge in [0.05, 0.1) is 16.8 Å². The third kappa shape index (κ3) is 2.44. The first-order valence-corrected chi connectivity index (χ1v) is 6.97. The van der Waals surface area contributed by atoms with E-state index in [9.17, 15) is 0 Å². The Morgan fingerprint density at radius 2 is 1.63 bits per heavy atom. The van der Waals surface area contributed by atoms with Gasteiger partial charge in [-0.05, 0) is 57.7 Å². The molecule has 0 radical (unpaired) electrons. The molecule has 0 N–H and O–H groups in total. The van der Waals surface area contributed by atoms with E-state index in [2.05, 4.69) is 53.5 Å². The number of hydrogen-bond acceptors (Lipinski definition) is 3. The zero-order valence-electron chi connectivity index (χ0n) is 13.1. The van der Waals surface area contributed by atoms with Crippen molar-refractivity contribution in [2.45, 2.75) is 65.6 Å². The Morgan fingerprint density at radius 1 is 1.11 bits per heavy atom. The van der Waals surface area contributed by atoms with Gasteiger partial charge in [-0.2, -0.15) is 0 Å². The summed E-state index contributed by atoms with van der Waals surface area (Å²) in [4.78, 5) is 4.52. The fourth-order valence-electron chi connectivity index (χ4n) is 2.48. The van der Waals surface area contributed by atoms with Crippen LogP contribution in [0.1, 0.15) is 58.6 Å². The Balaban J connectivity index is 2.43. The predicted molar refractivity (Wildman–Crippen MR) is 78.8 cm³/mol. The number of nitrogens with zero attached hydrogens (tertiary/aromatic N) is 1. The maximum atomic E-state index is 6.11. The summed E-state index contributed by atoms with van der Waals surface area (Å²) in [5.41, 5.74) is 2.76. The highest BCUT2D eigenvalue weighted by atomic mass is 16.7. The van der Waals surface area contributed by atoms with Crippen LogP contribution in [0.2, 0.25) is 0 Å². The van der Waals surface area contributed by atoms with Crippen molar-refractivity contribution in [1.82, 2.24) is 4.98 Å². The summed E-state index contributed by atoms with van der Waals surface area (Å²) in [5.74, 6) is 0.405. The van der Waals surface area contributed by atoms with Gasteiger partial charge < -0.3 is 9.31 Å². The Morgan fingerprint density at radius 3 is 2.11 bits per heavy atom. The van der Waals surface area contributed by atoms with Crippen LogP contribution < -0.4 is 5.59 Å². The SMILES string of the molecule is Cc1ccnc(B2OC(C)(C)C(C)(C)O2)c1C(C)C. The molecule has 19 heavy (non-hydrogen) atoms. The molecule has 1 aliphatic rings. The van der Waals surface area contributed by atoms with E-state index in [1.807, 2.05) is 12.3 Å². The molecule has 1 aromatic heterocycles. The van der Waals surface area contributed by atoms with Crippen LogP contribution in [-0.4, -0.2) is 23.3 Å². The van der Waals surface area contributed by atoms with Crippen molar-refractivity contribution in [3.05, 3.63) is 23.4 Å². The molecule has 0 atom stereocenters. The summed E-state index contributed by atoms with van der Waals surface area (Å²) in [6.45, 7) is 14.7. The molecule has 0 bridgehead atoms. The van der Waals surface area contributed by atoms with Gasteiger partial charge in [-0.1, -0.05) is 13.8 Å². The highest BCUT2D eigenvalue weighted by Crippen LogP contribution is 2.37. The molecule has 0 aliphatic carbocycles. The number of aryl methyl sites for hydroxylation is 1. The van der Waals surface area contributed by atoms with Crippen LogP contribution >= 0.6 is 0 Å². The van der Waals surface area contributed by atoms with E-state index in [0.717, 1.165) is 5.59 Å². The zero-order chi connectivity index (χ0) is 14.4. The van der Waals surface area contributed by atoms with E-state index in [4.69, 9.17) is 9.31 Å². The van der Waals surface area contributed by atoms with Crippen molar-refractivity contribution < 1.29 is 9.31 Å². The largest absolute Gasteiger partial charge is 0.514 e. The molecule has 0 unspecified atom stereocenters. The fourth-order valence-corrected chi connectivity index (χ4v) is 2.48. The van der Waals surface area contributed by atoms with Gasteiger partial charge in [0.2, 0.25) is 0 Å². The monoisotopic (exact) mass is 261 g/mol. The number of pyridine rings is 1. The summed E-state index contributed by atoms with van der Waals surface area (Å²) in [5, 5.41) is 0. The van der Waals surface area contributed by atoms with Gasteiger partial charge in [0.15, 0.2) is 0 Å². The first-order chi connectivity index (χ1) is 8.66. The second-order valence-corrected chi connectivity index (χ2v) is 6.67. The van der Waals surface area contributed by atoms with Gasteiger partial charge in [-0.15, -0.1) is 0 Å². The van der Waals surface area contributed by atoms with Gasteiger partial charge in [-0.3, -0.25) is 4.98 Å². The summed E-state index contributed by atoms with van der Waals surface area (Å²) < 4.78 is 12.2. The normalized spacial score (nSPS) is 21.2. The van der Waals surface area contributed by atoms with E-state index in [0.29, 0.717) is 5.92 Å². The molecule has 0 aromatic carbocycles. The molecule has 3 nitrogen and oxygen atoms in total. The van der Waals surface area contributed by atoms with Crippen LogP contribution in [0.5, 0.6) is 0 Å². The molecule has 1 saturated heterocycles. The molecular weight excluding hydrogens is 237 g/mol. The number of hydrogen-bond donors (Lipinski definition) is 0. The molecule has 104 valence electrons. The van der Waals surface area contributed by atoms with Crippen molar-refractivity contribution in [2.75, 3.05) is 0 Å². The van der Waals surface area contributed by atoms with E-state index >= 15 is 0 Å². The minimum atomic E-state index is -0.373. The Hall–Kier alpha value is -0.865. The van der Waals surface area contributed by atoms with Crippen molar-refractivity contribution >= 4 is 12.7 Å². The van der Waals surface area contributed by atoms with Gasteiger partial charge in [0.25, 0.3) is 0 Å². The highest BCUT2D eigenvalue weighted by molar-refractivity contribution is 6.61. The lowest BCUT2D eigenvalue weighted by Crippen LogP contribution is -2.41. The van der Waals surface area contributed by atoms with E-state index in [-0.39, 0.29) is 18.3 Å². The number of rotatable bonds is 2. The van der Waals surface area contributed by atoms with E-state index in [1.165, 1.54) is 11.1 Å². The van der Waals surface area contributed by atoms with Crippen molar-refractivity contribution in [1.29, 1.82) is 0 Å². The topological polar surface area (TPSA) is 31.4 Å². The average Bonchev–Trinajstić information content (AvgIpc) is 2.47. The van der Waals surface area contributed by atoms with Crippen LogP contribution in [-0.2, 0) is 9.31 Å². The lowest BCUT2D eigenvalue weighted by atomic mass is 9.76. The smallest absolute Gasteiger partial charge is 0.398 e. The Kier molecular flexibility index (Phi) is 3.52.